The molecule has 5 nitrogen and oxygen atoms in total. The summed E-state index contributed by atoms with van der Waals surface area (Å²) >= 11 is 0. The average molecular weight is 150 g/mol. The maximum atomic E-state index is 4.73. The molecule has 0 atom stereocenters. The van der Waals surface area contributed by atoms with Crippen LogP contribution < -0.4 is 0 Å². The summed E-state index contributed by atoms with van der Waals surface area (Å²) in [6.07, 6.45) is 4.59. The van der Waals surface area contributed by atoms with Crippen LogP contribution in [0.25, 0.3) is 5.69 Å². The topological polar surface area (TPSA) is 56.7 Å². The maximum Gasteiger partial charge on any atom is 0.149 e. The van der Waals surface area contributed by atoms with Gasteiger partial charge in [-0.3, -0.25) is 0 Å². The molecule has 0 saturated carbocycles. The van der Waals surface area contributed by atoms with Gasteiger partial charge in [-0.2, -0.15) is 5.10 Å². The van der Waals surface area contributed by atoms with Crippen LogP contribution >= 0.6 is 0 Å². The van der Waals surface area contributed by atoms with E-state index >= 15 is 0 Å². The van der Waals surface area contributed by atoms with Gasteiger partial charge in [-0.1, -0.05) is 5.16 Å². The van der Waals surface area contributed by atoms with E-state index in [0.29, 0.717) is 0 Å². The number of nitrogens with zero attached hydrogens (tertiary/aromatic N) is 4. The van der Waals surface area contributed by atoms with E-state index in [1.807, 2.05) is 6.92 Å². The first-order valence-corrected chi connectivity index (χ1v) is 3.14. The second kappa shape index (κ2) is 2.19. The molecule has 5 heteroatoms. The monoisotopic (exact) mass is 150 g/mol. The van der Waals surface area contributed by atoms with Crippen molar-refractivity contribution < 1.29 is 4.52 Å². The fraction of sp³-hybridized carbons (Fsp3) is 0.167. The lowest BCUT2D eigenvalue weighted by Gasteiger charge is -1.91. The number of aromatic nitrogens is 4. The molecule has 0 aromatic carbocycles. The number of rotatable bonds is 1. The van der Waals surface area contributed by atoms with Gasteiger partial charge in [-0.25, -0.2) is 9.67 Å². The Labute approximate surface area is 62.6 Å². The Morgan fingerprint density at radius 2 is 2.45 bits per heavy atom. The zero-order valence-corrected chi connectivity index (χ0v) is 5.93. The fourth-order valence-electron chi connectivity index (χ4n) is 0.840. The Kier molecular flexibility index (Phi) is 1.21. The molecule has 0 aliphatic heterocycles. The first-order valence-electron chi connectivity index (χ1n) is 3.14. The van der Waals surface area contributed by atoms with Gasteiger partial charge in [0.1, 0.15) is 30.3 Å². The summed E-state index contributed by atoms with van der Waals surface area (Å²) in [4.78, 5) is 3.80. The largest absolute Gasteiger partial charge is 0.362 e. The molecular formula is C6H6N4O. The van der Waals surface area contributed by atoms with Crippen LogP contribution in [0.1, 0.15) is 5.69 Å². The maximum absolute atomic E-state index is 4.73. The van der Waals surface area contributed by atoms with Crippen molar-refractivity contribution in [2.24, 2.45) is 0 Å². The molecule has 11 heavy (non-hydrogen) atoms. The van der Waals surface area contributed by atoms with Gasteiger partial charge in [0, 0.05) is 0 Å². The third-order valence-electron chi connectivity index (χ3n) is 1.39. The normalized spacial score (nSPS) is 10.3. The van der Waals surface area contributed by atoms with Crippen molar-refractivity contribution in [1.29, 1.82) is 0 Å². The lowest BCUT2D eigenvalue weighted by Crippen LogP contribution is -1.93. The van der Waals surface area contributed by atoms with Gasteiger partial charge >= 0.3 is 0 Å². The molecule has 2 rings (SSSR count). The van der Waals surface area contributed by atoms with E-state index in [9.17, 15) is 0 Å². The predicted molar refractivity (Wildman–Crippen MR) is 36.2 cm³/mol. The van der Waals surface area contributed by atoms with Crippen molar-refractivity contribution in [1.82, 2.24) is 19.9 Å². The summed E-state index contributed by atoms with van der Waals surface area (Å²) in [5.74, 6) is 0. The SMILES string of the molecule is Cc1nocc1-n1cncn1. The van der Waals surface area contributed by atoms with E-state index in [-0.39, 0.29) is 0 Å². The van der Waals surface area contributed by atoms with Crippen molar-refractivity contribution in [3.05, 3.63) is 24.6 Å². The van der Waals surface area contributed by atoms with Gasteiger partial charge in [-0.05, 0) is 6.92 Å². The van der Waals surface area contributed by atoms with E-state index in [1.54, 1.807) is 11.0 Å². The number of hydrogen-bond acceptors (Lipinski definition) is 4. The third-order valence-corrected chi connectivity index (χ3v) is 1.39. The van der Waals surface area contributed by atoms with Gasteiger partial charge < -0.3 is 4.52 Å². The molecule has 0 N–H and O–H groups in total. The quantitative estimate of drug-likeness (QED) is 0.596. The second-order valence-corrected chi connectivity index (χ2v) is 2.13. The van der Waals surface area contributed by atoms with E-state index in [2.05, 4.69) is 15.2 Å². The van der Waals surface area contributed by atoms with Crippen LogP contribution in [0.2, 0.25) is 0 Å². The van der Waals surface area contributed by atoms with Crippen LogP contribution in [0.4, 0.5) is 0 Å². The van der Waals surface area contributed by atoms with Crippen molar-refractivity contribution in [2.75, 3.05) is 0 Å². The minimum atomic E-state index is 0.801. The molecule has 0 bridgehead atoms. The van der Waals surface area contributed by atoms with Crippen LogP contribution in [0, 0.1) is 6.92 Å². The Bertz CT molecular complexity index is 337. The molecule has 2 aromatic heterocycles. The molecule has 0 unspecified atom stereocenters. The van der Waals surface area contributed by atoms with E-state index in [0.717, 1.165) is 11.4 Å². The molecule has 2 heterocycles. The predicted octanol–water partition coefficient (Wildman–Crippen LogP) is 0.564. The van der Waals surface area contributed by atoms with Crippen LogP contribution in [0.3, 0.4) is 0 Å². The molecule has 0 amide bonds. The minimum Gasteiger partial charge on any atom is -0.362 e. The van der Waals surface area contributed by atoms with Crippen LogP contribution in [-0.2, 0) is 0 Å². The van der Waals surface area contributed by atoms with E-state index in [4.69, 9.17) is 4.52 Å². The molecule has 56 valence electrons. The highest BCUT2D eigenvalue weighted by Gasteiger charge is 2.03. The highest BCUT2D eigenvalue weighted by atomic mass is 16.5. The zero-order chi connectivity index (χ0) is 7.68. The Hall–Kier alpha value is -1.65. The third kappa shape index (κ3) is 0.899. The van der Waals surface area contributed by atoms with Crippen molar-refractivity contribution in [2.45, 2.75) is 6.92 Å². The smallest absolute Gasteiger partial charge is 0.149 e. The summed E-state index contributed by atoms with van der Waals surface area (Å²) in [5, 5.41) is 7.63. The summed E-state index contributed by atoms with van der Waals surface area (Å²) < 4.78 is 6.33. The first-order chi connectivity index (χ1) is 5.38. The Balaban J connectivity index is 2.53. The van der Waals surface area contributed by atoms with Crippen LogP contribution in [0.15, 0.2) is 23.4 Å². The van der Waals surface area contributed by atoms with Crippen LogP contribution in [-0.4, -0.2) is 19.9 Å². The zero-order valence-electron chi connectivity index (χ0n) is 5.93. The summed E-state index contributed by atoms with van der Waals surface area (Å²) in [6.45, 7) is 1.85. The molecule has 0 saturated heterocycles. The van der Waals surface area contributed by atoms with Gasteiger partial charge in [0.25, 0.3) is 0 Å². The highest BCUT2D eigenvalue weighted by molar-refractivity contribution is 5.29. The number of hydrogen-bond donors (Lipinski definition) is 0. The summed E-state index contributed by atoms with van der Waals surface area (Å²) in [6, 6.07) is 0. The van der Waals surface area contributed by atoms with Gasteiger partial charge in [-0.15, -0.1) is 0 Å². The second-order valence-electron chi connectivity index (χ2n) is 2.13. The number of aryl methyl sites for hydroxylation is 1. The first kappa shape index (κ1) is 6.09. The fourth-order valence-corrected chi connectivity index (χ4v) is 0.840. The Morgan fingerprint density at radius 3 is 3.00 bits per heavy atom. The van der Waals surface area contributed by atoms with Gasteiger partial charge in [0.05, 0.1) is 0 Å². The summed E-state index contributed by atoms with van der Waals surface area (Å²) in [7, 11) is 0. The Morgan fingerprint density at radius 1 is 1.55 bits per heavy atom. The summed E-state index contributed by atoms with van der Waals surface area (Å²) in [5.41, 5.74) is 1.62. The molecule has 0 spiro atoms. The van der Waals surface area contributed by atoms with Crippen molar-refractivity contribution in [3.63, 3.8) is 0 Å². The van der Waals surface area contributed by atoms with Crippen LogP contribution in [0.5, 0.6) is 0 Å². The average Bonchev–Trinajstić information content (AvgIpc) is 2.55. The minimum absolute atomic E-state index is 0.801. The van der Waals surface area contributed by atoms with E-state index < -0.39 is 0 Å². The molecule has 0 aliphatic rings. The lowest BCUT2D eigenvalue weighted by molar-refractivity contribution is 0.414. The van der Waals surface area contributed by atoms with Crippen molar-refractivity contribution >= 4 is 0 Å². The van der Waals surface area contributed by atoms with E-state index in [1.165, 1.54) is 12.6 Å². The molecule has 2 aromatic rings. The standard InChI is InChI=1S/C6H6N4O/c1-5-6(2-11-9-5)10-4-7-3-8-10/h2-4H,1H3. The van der Waals surface area contributed by atoms with Gasteiger partial charge in [0.15, 0.2) is 0 Å². The highest BCUT2D eigenvalue weighted by Crippen LogP contribution is 2.08. The van der Waals surface area contributed by atoms with Crippen molar-refractivity contribution in [3.8, 4) is 5.69 Å². The molecule has 0 radical (unpaired) electrons. The van der Waals surface area contributed by atoms with Gasteiger partial charge in [0.2, 0.25) is 0 Å². The molecular weight excluding hydrogens is 144 g/mol. The lowest BCUT2D eigenvalue weighted by atomic mass is 10.4. The molecule has 0 fully saturated rings. The molecule has 0 aliphatic carbocycles.